The molecular weight excluding hydrogens is 357 g/mol. The van der Waals surface area contributed by atoms with Crippen molar-refractivity contribution < 1.29 is 10.6 Å². The number of alkyl halides is 1. The highest BCUT2D eigenvalue weighted by atomic mass is 19.1. The maximum atomic E-state index is 13.7. The second-order valence-electron chi connectivity index (χ2n) is 6.40. The summed E-state index contributed by atoms with van der Waals surface area (Å²) in [6.07, 6.45) is 5.82. The van der Waals surface area contributed by atoms with Crippen molar-refractivity contribution >= 4 is 17.4 Å². The maximum Gasteiger partial charge on any atom is 0.246 e. The summed E-state index contributed by atoms with van der Waals surface area (Å²) in [6.45, 7) is 13.8. The Labute approximate surface area is 167 Å². The van der Waals surface area contributed by atoms with Gasteiger partial charge in [-0.2, -0.15) is 0 Å². The summed E-state index contributed by atoms with van der Waals surface area (Å²) in [4.78, 5) is 24.3. The molecule has 0 radical (unpaired) electrons. The molecule has 1 unspecified atom stereocenters. The topological polar surface area (TPSA) is 60.8 Å². The summed E-state index contributed by atoms with van der Waals surface area (Å²) in [5, 5.41) is 3.20. The number of nitrogens with zero attached hydrogens (tertiary/aromatic N) is 4. The Morgan fingerprint density at radius 2 is 2.07 bits per heavy atom. The molecule has 2 rings (SSSR count). The van der Waals surface area contributed by atoms with Gasteiger partial charge in [0.1, 0.15) is 6.17 Å². The van der Waals surface area contributed by atoms with Gasteiger partial charge in [-0.15, -0.1) is 0 Å². The Morgan fingerprint density at radius 3 is 2.61 bits per heavy atom. The molecule has 1 fully saturated rings. The lowest BCUT2D eigenvalue weighted by atomic mass is 10.2. The van der Waals surface area contributed by atoms with Crippen LogP contribution in [0.1, 0.15) is 33.6 Å². The highest BCUT2D eigenvalue weighted by Crippen LogP contribution is 2.20. The van der Waals surface area contributed by atoms with Crippen molar-refractivity contribution in [1.29, 1.82) is 0 Å². The minimum Gasteiger partial charge on any atom is -0.352 e. The molecule has 6 nitrogen and oxygen atoms in total. The first-order valence-electron chi connectivity index (χ1n) is 9.41. The Balaban J connectivity index is 0.00000420. The van der Waals surface area contributed by atoms with Crippen LogP contribution in [0.5, 0.6) is 0 Å². The Morgan fingerprint density at radius 1 is 1.39 bits per heavy atom. The summed E-state index contributed by atoms with van der Waals surface area (Å²) in [6, 6.07) is 3.45. The lowest BCUT2D eigenvalue weighted by Crippen LogP contribution is -2.51. The van der Waals surface area contributed by atoms with Gasteiger partial charge in [-0.25, -0.2) is 9.38 Å². The molecule has 1 aliphatic rings. The fourth-order valence-electron chi connectivity index (χ4n) is 2.87. The van der Waals surface area contributed by atoms with Crippen molar-refractivity contribution in [3.05, 3.63) is 61.2 Å². The number of carbonyl (C=O) groups excluding carboxylic acids is 1. The van der Waals surface area contributed by atoms with Gasteiger partial charge >= 0.3 is 0 Å². The highest BCUT2D eigenvalue weighted by molar-refractivity contribution is 6.00. The van der Waals surface area contributed by atoms with Crippen molar-refractivity contribution in [3.8, 4) is 0 Å². The molecule has 0 aliphatic carbocycles. The van der Waals surface area contributed by atoms with Gasteiger partial charge in [0.25, 0.3) is 0 Å². The molecule has 152 valence electrons. The molecule has 1 atom stereocenters. The molecule has 0 bridgehead atoms. The summed E-state index contributed by atoms with van der Waals surface area (Å²) >= 11 is 0. The second kappa shape index (κ2) is 10.4. The van der Waals surface area contributed by atoms with E-state index in [0.717, 1.165) is 0 Å². The third-order valence-electron chi connectivity index (χ3n) is 4.44. The SMILES string of the molecule is C=CC(=O)N1CCN(C(=N/C=C\C)C(=C)Nc2ccc(C(F)CC)nc2)CC1.[HH]. The number of aliphatic imine (C=N–C) groups is 1. The average molecular weight is 388 g/mol. The van der Waals surface area contributed by atoms with Gasteiger partial charge in [0.05, 0.1) is 23.3 Å². The van der Waals surface area contributed by atoms with Crippen LogP contribution in [0.3, 0.4) is 0 Å². The predicted molar refractivity (Wildman–Crippen MR) is 114 cm³/mol. The number of halogens is 1. The molecule has 0 aromatic carbocycles. The minimum atomic E-state index is -1.06. The van der Waals surface area contributed by atoms with Gasteiger partial charge < -0.3 is 15.1 Å². The number of piperazine rings is 1. The number of aromatic nitrogens is 1. The molecule has 0 spiro atoms. The number of amides is 1. The van der Waals surface area contributed by atoms with E-state index in [1.807, 2.05) is 13.0 Å². The summed E-state index contributed by atoms with van der Waals surface area (Å²) in [7, 11) is 0. The summed E-state index contributed by atoms with van der Waals surface area (Å²) < 4.78 is 13.7. The van der Waals surface area contributed by atoms with Crippen LogP contribution >= 0.6 is 0 Å². The largest absolute Gasteiger partial charge is 0.352 e. The number of anilines is 1. The van der Waals surface area contributed by atoms with Crippen molar-refractivity contribution in [2.45, 2.75) is 26.4 Å². The minimum absolute atomic E-state index is 0. The van der Waals surface area contributed by atoms with Gasteiger partial charge in [0.15, 0.2) is 5.84 Å². The number of nitrogens with one attached hydrogen (secondary N) is 1. The van der Waals surface area contributed by atoms with Gasteiger partial charge in [-0.3, -0.25) is 9.78 Å². The zero-order valence-corrected chi connectivity index (χ0v) is 16.6. The molecule has 2 heterocycles. The lowest BCUT2D eigenvalue weighted by molar-refractivity contribution is -0.127. The standard InChI is InChI=1S/C21H28FN5O.H2/c1-5-10-23-21(27-13-11-26(12-14-27)20(28)7-3)16(4)25-17-8-9-19(24-15-17)18(22)6-2;/h5,7-10,15,18,25H,3-4,6,11-14H2,1-2H3;1H/b10-5-,23-21?;. The fourth-order valence-corrected chi connectivity index (χ4v) is 2.87. The van der Waals surface area contributed by atoms with E-state index in [2.05, 4.69) is 33.4 Å². The molecule has 1 aliphatic heterocycles. The van der Waals surface area contributed by atoms with Crippen molar-refractivity contribution in [3.63, 3.8) is 0 Å². The molecule has 1 N–H and O–H groups in total. The van der Waals surface area contributed by atoms with Crippen LogP contribution in [-0.4, -0.2) is 52.7 Å². The van der Waals surface area contributed by atoms with Crippen molar-refractivity contribution in [2.75, 3.05) is 31.5 Å². The number of hydrogen-bond donors (Lipinski definition) is 1. The summed E-state index contributed by atoms with van der Waals surface area (Å²) in [5.41, 5.74) is 1.75. The highest BCUT2D eigenvalue weighted by Gasteiger charge is 2.23. The van der Waals surface area contributed by atoms with Crippen LogP contribution in [0.2, 0.25) is 0 Å². The third-order valence-corrected chi connectivity index (χ3v) is 4.44. The van der Waals surface area contributed by atoms with Gasteiger partial charge in [0, 0.05) is 33.8 Å². The van der Waals surface area contributed by atoms with E-state index in [1.165, 1.54) is 6.08 Å². The quantitative estimate of drug-likeness (QED) is 0.437. The zero-order chi connectivity index (χ0) is 20.5. The monoisotopic (exact) mass is 387 g/mol. The maximum absolute atomic E-state index is 13.7. The Hall–Kier alpha value is -2.96. The fraction of sp³-hybridized carbons (Fsp3) is 0.381. The van der Waals surface area contributed by atoms with Gasteiger partial charge in [-0.05, 0) is 31.6 Å². The lowest BCUT2D eigenvalue weighted by Gasteiger charge is -2.36. The van der Waals surface area contributed by atoms with Crippen LogP contribution < -0.4 is 5.32 Å². The van der Waals surface area contributed by atoms with Crippen LogP contribution in [0, 0.1) is 0 Å². The molecule has 7 heteroatoms. The van der Waals surface area contributed by atoms with E-state index in [0.29, 0.717) is 55.5 Å². The first-order chi connectivity index (χ1) is 13.5. The average Bonchev–Trinajstić information content (AvgIpc) is 2.73. The van der Waals surface area contributed by atoms with Crippen LogP contribution in [0.4, 0.5) is 10.1 Å². The molecule has 1 saturated heterocycles. The number of allylic oxidation sites excluding steroid dienone is 1. The smallest absolute Gasteiger partial charge is 0.246 e. The van der Waals surface area contributed by atoms with E-state index in [-0.39, 0.29) is 7.33 Å². The normalized spacial score (nSPS) is 16.2. The number of amidine groups is 1. The van der Waals surface area contributed by atoms with E-state index < -0.39 is 6.17 Å². The summed E-state index contributed by atoms with van der Waals surface area (Å²) in [5.74, 6) is 0.637. The number of carbonyl (C=O) groups is 1. The number of pyridine rings is 1. The molecule has 1 aromatic heterocycles. The predicted octanol–water partition coefficient (Wildman–Crippen LogP) is 3.94. The second-order valence-corrected chi connectivity index (χ2v) is 6.40. The number of rotatable bonds is 7. The van der Waals surface area contributed by atoms with Crippen LogP contribution in [0.25, 0.3) is 0 Å². The zero-order valence-electron chi connectivity index (χ0n) is 16.6. The van der Waals surface area contributed by atoms with E-state index in [1.54, 1.807) is 36.4 Å². The molecule has 0 saturated carbocycles. The molecule has 1 aromatic rings. The van der Waals surface area contributed by atoms with Crippen LogP contribution in [-0.2, 0) is 4.79 Å². The molecular formula is C21H30FN5O. The van der Waals surface area contributed by atoms with E-state index in [4.69, 9.17) is 0 Å². The van der Waals surface area contributed by atoms with Gasteiger partial charge in [0.2, 0.25) is 5.91 Å². The number of hydrogen-bond acceptors (Lipinski definition) is 4. The Bertz CT molecular complexity index is 755. The molecule has 1 amide bonds. The van der Waals surface area contributed by atoms with Gasteiger partial charge in [-0.1, -0.05) is 26.2 Å². The third kappa shape index (κ3) is 5.52. The van der Waals surface area contributed by atoms with Crippen LogP contribution in [0.15, 0.2) is 60.5 Å². The van der Waals surface area contributed by atoms with E-state index in [9.17, 15) is 9.18 Å². The van der Waals surface area contributed by atoms with Crippen molar-refractivity contribution in [2.24, 2.45) is 4.99 Å². The van der Waals surface area contributed by atoms with Crippen molar-refractivity contribution in [1.82, 2.24) is 14.8 Å². The Kier molecular flexibility index (Phi) is 7.92. The molecule has 28 heavy (non-hydrogen) atoms. The first kappa shape index (κ1) is 21.3. The van der Waals surface area contributed by atoms with E-state index >= 15 is 0 Å². The first-order valence-corrected chi connectivity index (χ1v) is 9.41.